The predicted molar refractivity (Wildman–Crippen MR) is 190 cm³/mol. The Morgan fingerprint density at radius 1 is 0.837 bits per heavy atom. The maximum Gasteiger partial charge on any atom is 0.408 e. The average Bonchev–Trinajstić information content (AvgIpc) is 3.09. The Morgan fingerprint density at radius 3 is 1.98 bits per heavy atom. The predicted octanol–water partition coefficient (Wildman–Crippen LogP) is 6.97. The molecule has 2 aliphatic rings. The molecule has 2 atom stereocenters. The van der Waals surface area contributed by atoms with Gasteiger partial charge in [-0.25, -0.2) is 9.59 Å². The van der Waals surface area contributed by atoms with E-state index in [1.54, 1.807) is 20.8 Å². The van der Waals surface area contributed by atoms with Crippen LogP contribution in [0.15, 0.2) is 102 Å². The number of esters is 1. The maximum atomic E-state index is 13.5. The van der Waals surface area contributed by atoms with Crippen LogP contribution in [-0.4, -0.2) is 56.4 Å². The highest BCUT2D eigenvalue weighted by molar-refractivity contribution is 8.00. The monoisotopic (exact) mass is 683 g/mol. The zero-order valence-corrected chi connectivity index (χ0v) is 29.2. The lowest BCUT2D eigenvalue weighted by molar-refractivity contribution is -0.152. The lowest BCUT2D eigenvalue weighted by Gasteiger charge is -2.49. The molecule has 0 unspecified atom stereocenters. The van der Waals surface area contributed by atoms with Crippen LogP contribution in [0.5, 0.6) is 0 Å². The molecule has 9 nitrogen and oxygen atoms in total. The van der Waals surface area contributed by atoms with Crippen LogP contribution < -0.4 is 5.32 Å². The third-order valence-electron chi connectivity index (χ3n) is 8.28. The third-order valence-corrected chi connectivity index (χ3v) is 9.62. The summed E-state index contributed by atoms with van der Waals surface area (Å²) in [4.78, 5) is 56.2. The summed E-state index contributed by atoms with van der Waals surface area (Å²) >= 11 is 1.51. The Bertz CT molecular complexity index is 1580. The van der Waals surface area contributed by atoms with Crippen molar-refractivity contribution in [1.82, 2.24) is 15.1 Å². The molecule has 3 aromatic rings. The van der Waals surface area contributed by atoms with Gasteiger partial charge in [0.1, 0.15) is 29.3 Å². The van der Waals surface area contributed by atoms with Gasteiger partial charge in [-0.1, -0.05) is 97.4 Å². The number of β-lactam (4-membered cyclic amide) rings is 1. The Hall–Kier alpha value is -4.57. The number of ether oxygens (including phenoxy) is 2. The minimum atomic E-state index is -0.793. The van der Waals surface area contributed by atoms with Crippen LogP contribution in [0, 0.1) is 0 Å². The molecular weight excluding hydrogens is 639 g/mol. The third kappa shape index (κ3) is 9.98. The number of rotatable bonds is 14. The van der Waals surface area contributed by atoms with E-state index in [4.69, 9.17) is 9.47 Å². The van der Waals surface area contributed by atoms with Gasteiger partial charge in [-0.2, -0.15) is 0 Å². The highest BCUT2D eigenvalue weighted by Gasteiger charge is 2.54. The topological polar surface area (TPSA) is 105 Å². The van der Waals surface area contributed by atoms with E-state index in [-0.39, 0.29) is 24.1 Å². The van der Waals surface area contributed by atoms with E-state index < -0.39 is 29.1 Å². The first-order valence-electron chi connectivity index (χ1n) is 16.8. The minimum Gasteiger partial charge on any atom is -0.456 e. The molecule has 1 fully saturated rings. The maximum absolute atomic E-state index is 13.5. The van der Waals surface area contributed by atoms with Crippen LogP contribution in [0.4, 0.5) is 4.79 Å². The number of carbonyl (C=O) groups excluding carboxylic acids is 4. The van der Waals surface area contributed by atoms with Crippen LogP contribution >= 0.6 is 11.8 Å². The zero-order chi connectivity index (χ0) is 34.8. The smallest absolute Gasteiger partial charge is 0.408 e. The fourth-order valence-corrected chi connectivity index (χ4v) is 7.27. The van der Waals surface area contributed by atoms with Gasteiger partial charge in [0.15, 0.2) is 0 Å². The number of alkyl carbamates (subject to hydrolysis) is 1. The molecule has 3 amide bonds. The van der Waals surface area contributed by atoms with Crippen molar-refractivity contribution in [3.8, 4) is 0 Å². The molecule has 0 radical (unpaired) electrons. The number of carbonyl (C=O) groups is 4. The van der Waals surface area contributed by atoms with Gasteiger partial charge in [0.05, 0.1) is 0 Å². The number of amides is 3. The van der Waals surface area contributed by atoms with Crippen molar-refractivity contribution in [3.05, 3.63) is 119 Å². The molecule has 5 rings (SSSR count). The fraction of sp³-hybridized carbons (Fsp3) is 0.385. The van der Waals surface area contributed by atoms with E-state index in [2.05, 4.69) is 5.32 Å². The van der Waals surface area contributed by atoms with Gasteiger partial charge < -0.3 is 19.7 Å². The van der Waals surface area contributed by atoms with Crippen molar-refractivity contribution in [2.45, 2.75) is 89.6 Å². The number of thioether (sulfide) groups is 1. The first-order valence-corrected chi connectivity index (χ1v) is 17.9. The van der Waals surface area contributed by atoms with Gasteiger partial charge in [0.25, 0.3) is 5.91 Å². The van der Waals surface area contributed by atoms with Crippen molar-refractivity contribution < 1.29 is 28.7 Å². The van der Waals surface area contributed by atoms with Crippen LogP contribution in [0.3, 0.4) is 0 Å². The van der Waals surface area contributed by atoms with Crippen LogP contribution in [0.25, 0.3) is 0 Å². The summed E-state index contributed by atoms with van der Waals surface area (Å²) in [6.45, 7) is 6.45. The lowest BCUT2D eigenvalue weighted by Crippen LogP contribution is -2.70. The molecule has 49 heavy (non-hydrogen) atoms. The number of unbranched alkanes of at least 4 members (excludes halogenated alkanes) is 2. The van der Waals surface area contributed by atoms with Crippen molar-refractivity contribution in [2.24, 2.45) is 0 Å². The molecule has 0 aliphatic carbocycles. The van der Waals surface area contributed by atoms with Crippen LogP contribution in [0.1, 0.15) is 69.6 Å². The SMILES string of the molecule is CC(C)(C)OC(=O)N[C@@H]1C(=O)N2C(C(=O)OCc3ccccc3)=C(CCCCCC(=O)N(Cc3ccccc3)Cc3ccccc3)CS[C@H]12. The summed E-state index contributed by atoms with van der Waals surface area (Å²) in [5, 5.41) is 2.25. The molecule has 258 valence electrons. The minimum absolute atomic E-state index is 0.0838. The number of nitrogens with one attached hydrogen (secondary N) is 1. The summed E-state index contributed by atoms with van der Waals surface area (Å²) < 4.78 is 11.1. The van der Waals surface area contributed by atoms with Gasteiger partial charge >= 0.3 is 12.1 Å². The van der Waals surface area contributed by atoms with E-state index >= 15 is 0 Å². The van der Waals surface area contributed by atoms with E-state index in [9.17, 15) is 19.2 Å². The fourth-order valence-electron chi connectivity index (χ4n) is 5.88. The van der Waals surface area contributed by atoms with E-state index in [0.717, 1.165) is 35.1 Å². The summed E-state index contributed by atoms with van der Waals surface area (Å²) in [6, 6.07) is 28.6. The molecule has 2 aliphatic heterocycles. The number of hydrogen-bond donors (Lipinski definition) is 1. The molecule has 0 saturated carbocycles. The Morgan fingerprint density at radius 2 is 1.41 bits per heavy atom. The highest BCUT2D eigenvalue weighted by Crippen LogP contribution is 2.42. The summed E-state index contributed by atoms with van der Waals surface area (Å²) in [7, 11) is 0. The molecule has 0 aromatic heterocycles. The molecular formula is C39H45N3O6S. The molecule has 2 heterocycles. The average molecular weight is 684 g/mol. The summed E-state index contributed by atoms with van der Waals surface area (Å²) in [5.41, 5.74) is 3.41. The van der Waals surface area contributed by atoms with Crippen molar-refractivity contribution in [3.63, 3.8) is 0 Å². The van der Waals surface area contributed by atoms with Gasteiger partial charge in [0, 0.05) is 25.3 Å². The van der Waals surface area contributed by atoms with E-state index in [0.29, 0.717) is 38.1 Å². The van der Waals surface area contributed by atoms with Gasteiger partial charge in [-0.05, 0) is 62.3 Å². The summed E-state index contributed by atoms with van der Waals surface area (Å²) in [5.74, 6) is -0.295. The molecule has 3 aromatic carbocycles. The lowest BCUT2D eigenvalue weighted by atomic mass is 9.99. The molecule has 1 N–H and O–H groups in total. The van der Waals surface area contributed by atoms with Crippen LogP contribution in [-0.2, 0) is 43.6 Å². The first-order chi connectivity index (χ1) is 23.6. The Kier molecular flexibility index (Phi) is 12.2. The first kappa shape index (κ1) is 35.7. The standard InChI is InChI=1S/C39H45N3O6S/c1-39(2,3)48-38(46)40-33-35(44)42-34(37(45)47-26-30-20-12-6-13-21-30)31(27-49-36(33)42)22-14-7-15-23-32(43)41(24-28-16-8-4-9-17-28)25-29-18-10-5-11-19-29/h4-6,8-13,16-21,33,36H,7,14-15,22-27H2,1-3H3,(H,40,46)/t33-,36-/m1/s1. The largest absolute Gasteiger partial charge is 0.456 e. The van der Waals surface area contributed by atoms with Gasteiger partial charge in [0.2, 0.25) is 5.91 Å². The molecule has 1 saturated heterocycles. The number of benzene rings is 3. The van der Waals surface area contributed by atoms with Gasteiger partial charge in [-0.3, -0.25) is 14.5 Å². The normalized spacial score (nSPS) is 17.1. The highest BCUT2D eigenvalue weighted by atomic mass is 32.2. The van der Waals surface area contributed by atoms with Crippen molar-refractivity contribution >= 4 is 35.6 Å². The number of fused-ring (bicyclic) bond motifs is 1. The van der Waals surface area contributed by atoms with Gasteiger partial charge in [-0.15, -0.1) is 11.8 Å². The second-order valence-electron chi connectivity index (χ2n) is 13.3. The Balaban J connectivity index is 1.21. The molecule has 0 spiro atoms. The Labute approximate surface area is 293 Å². The molecule has 10 heteroatoms. The number of nitrogens with zero attached hydrogens (tertiary/aromatic N) is 2. The number of hydrogen-bond acceptors (Lipinski definition) is 7. The van der Waals surface area contributed by atoms with Crippen LogP contribution in [0.2, 0.25) is 0 Å². The second-order valence-corrected chi connectivity index (χ2v) is 14.4. The summed E-state index contributed by atoms with van der Waals surface area (Å²) in [6.07, 6.45) is 2.59. The quantitative estimate of drug-likeness (QED) is 0.111. The van der Waals surface area contributed by atoms with E-state index in [1.807, 2.05) is 95.9 Å². The van der Waals surface area contributed by atoms with Crippen molar-refractivity contribution in [2.75, 3.05) is 5.75 Å². The zero-order valence-electron chi connectivity index (χ0n) is 28.4. The molecule has 0 bridgehead atoms. The van der Waals surface area contributed by atoms with Crippen molar-refractivity contribution in [1.29, 1.82) is 0 Å². The second kappa shape index (κ2) is 16.7. The van der Waals surface area contributed by atoms with E-state index in [1.165, 1.54) is 16.7 Å².